The highest BCUT2D eigenvalue weighted by molar-refractivity contribution is 7.12. The van der Waals surface area contributed by atoms with Gasteiger partial charge in [-0.25, -0.2) is 9.78 Å². The van der Waals surface area contributed by atoms with Crippen molar-refractivity contribution in [1.82, 2.24) is 4.98 Å². The summed E-state index contributed by atoms with van der Waals surface area (Å²) in [5.74, 6) is -0.700. The summed E-state index contributed by atoms with van der Waals surface area (Å²) in [5, 5.41) is 13.3. The Morgan fingerprint density at radius 2 is 2.05 bits per heavy atom. The first-order valence-electron chi connectivity index (χ1n) is 6.83. The topological polar surface area (TPSA) is 79.3 Å². The SMILES string of the molecule is CC(C)(C)c1ccc(NC(=O)Cc2csc(C(=O)O)c2)nc1. The highest BCUT2D eigenvalue weighted by atomic mass is 32.1. The fourth-order valence-corrected chi connectivity index (χ4v) is 2.61. The lowest BCUT2D eigenvalue weighted by molar-refractivity contribution is -0.115. The lowest BCUT2D eigenvalue weighted by Gasteiger charge is -2.18. The summed E-state index contributed by atoms with van der Waals surface area (Å²) in [7, 11) is 0. The minimum absolute atomic E-state index is 0.0133. The van der Waals surface area contributed by atoms with E-state index in [1.165, 1.54) is 6.07 Å². The number of aromatic nitrogens is 1. The molecule has 116 valence electrons. The van der Waals surface area contributed by atoms with Crippen molar-refractivity contribution in [2.24, 2.45) is 0 Å². The first-order chi connectivity index (χ1) is 10.3. The largest absolute Gasteiger partial charge is 0.477 e. The minimum atomic E-state index is -0.976. The van der Waals surface area contributed by atoms with Crippen molar-refractivity contribution in [3.05, 3.63) is 45.8 Å². The fraction of sp³-hybridized carbons (Fsp3) is 0.312. The Balaban J connectivity index is 1.98. The summed E-state index contributed by atoms with van der Waals surface area (Å²) in [6, 6.07) is 5.23. The summed E-state index contributed by atoms with van der Waals surface area (Å²) in [5.41, 5.74) is 1.79. The molecule has 0 bridgehead atoms. The summed E-state index contributed by atoms with van der Waals surface area (Å²) >= 11 is 1.12. The van der Waals surface area contributed by atoms with Gasteiger partial charge in [0.05, 0.1) is 6.42 Å². The number of pyridine rings is 1. The number of carbonyl (C=O) groups excluding carboxylic acids is 1. The average molecular weight is 318 g/mol. The third kappa shape index (κ3) is 4.14. The van der Waals surface area contributed by atoms with Gasteiger partial charge in [0.1, 0.15) is 10.7 Å². The van der Waals surface area contributed by atoms with E-state index in [-0.39, 0.29) is 22.6 Å². The van der Waals surface area contributed by atoms with Crippen molar-refractivity contribution >= 4 is 29.0 Å². The first-order valence-corrected chi connectivity index (χ1v) is 7.71. The van der Waals surface area contributed by atoms with E-state index in [0.29, 0.717) is 11.4 Å². The van der Waals surface area contributed by atoms with Crippen molar-refractivity contribution in [3.8, 4) is 0 Å². The van der Waals surface area contributed by atoms with E-state index in [1.807, 2.05) is 6.07 Å². The number of amides is 1. The van der Waals surface area contributed by atoms with Crippen molar-refractivity contribution in [2.45, 2.75) is 32.6 Å². The molecule has 0 aliphatic carbocycles. The van der Waals surface area contributed by atoms with E-state index in [0.717, 1.165) is 16.9 Å². The van der Waals surface area contributed by atoms with Gasteiger partial charge >= 0.3 is 5.97 Å². The Labute approximate surface area is 133 Å². The van der Waals surface area contributed by atoms with E-state index in [4.69, 9.17) is 5.11 Å². The van der Waals surface area contributed by atoms with Crippen LogP contribution >= 0.6 is 11.3 Å². The van der Waals surface area contributed by atoms with E-state index in [9.17, 15) is 9.59 Å². The molecule has 5 nitrogen and oxygen atoms in total. The van der Waals surface area contributed by atoms with E-state index in [2.05, 4.69) is 31.1 Å². The number of nitrogens with zero attached hydrogens (tertiary/aromatic N) is 1. The molecule has 0 saturated carbocycles. The molecule has 0 aromatic carbocycles. The Morgan fingerprint density at radius 1 is 1.32 bits per heavy atom. The smallest absolute Gasteiger partial charge is 0.345 e. The molecule has 0 radical (unpaired) electrons. The molecule has 0 atom stereocenters. The van der Waals surface area contributed by atoms with Crippen LogP contribution in [-0.4, -0.2) is 22.0 Å². The zero-order valence-corrected chi connectivity index (χ0v) is 13.5. The lowest BCUT2D eigenvalue weighted by atomic mass is 9.88. The maximum atomic E-state index is 11.9. The van der Waals surface area contributed by atoms with Gasteiger partial charge in [0.25, 0.3) is 0 Å². The lowest BCUT2D eigenvalue weighted by Crippen LogP contribution is -2.16. The van der Waals surface area contributed by atoms with Crippen LogP contribution in [-0.2, 0) is 16.6 Å². The van der Waals surface area contributed by atoms with Gasteiger partial charge in [0.2, 0.25) is 5.91 Å². The summed E-state index contributed by atoms with van der Waals surface area (Å²) in [6.45, 7) is 6.29. The molecule has 0 saturated heterocycles. The van der Waals surface area contributed by atoms with Gasteiger partial charge in [-0.15, -0.1) is 11.3 Å². The molecule has 2 aromatic rings. The molecule has 0 spiro atoms. The van der Waals surface area contributed by atoms with Gasteiger partial charge in [-0.1, -0.05) is 26.8 Å². The standard InChI is InChI=1S/C16H18N2O3S/c1-16(2,3)11-4-5-13(17-8-11)18-14(19)7-10-6-12(15(20)21)22-9-10/h4-6,8-9H,7H2,1-3H3,(H,20,21)(H,17,18,19). The van der Waals surface area contributed by atoms with Gasteiger partial charge in [-0.05, 0) is 34.1 Å². The van der Waals surface area contributed by atoms with Gasteiger partial charge in [0, 0.05) is 6.20 Å². The first kappa shape index (κ1) is 16.2. The second-order valence-corrected chi connectivity index (χ2v) is 6.94. The average Bonchev–Trinajstić information content (AvgIpc) is 2.86. The van der Waals surface area contributed by atoms with Gasteiger partial charge in [0.15, 0.2) is 0 Å². The highest BCUT2D eigenvalue weighted by Crippen LogP contribution is 2.22. The normalized spacial score (nSPS) is 11.2. The zero-order chi connectivity index (χ0) is 16.3. The quantitative estimate of drug-likeness (QED) is 0.906. The van der Waals surface area contributed by atoms with E-state index >= 15 is 0 Å². The molecule has 0 unspecified atom stereocenters. The molecule has 22 heavy (non-hydrogen) atoms. The second kappa shape index (κ2) is 6.27. The van der Waals surface area contributed by atoms with Crippen LogP contribution < -0.4 is 5.32 Å². The van der Waals surface area contributed by atoms with Crippen LogP contribution in [0.3, 0.4) is 0 Å². The van der Waals surface area contributed by atoms with Crippen LogP contribution in [0.4, 0.5) is 5.82 Å². The fourth-order valence-electron chi connectivity index (χ4n) is 1.86. The Hall–Kier alpha value is -2.21. The highest BCUT2D eigenvalue weighted by Gasteiger charge is 2.14. The Bertz CT molecular complexity index is 684. The van der Waals surface area contributed by atoms with Gasteiger partial charge in [-0.2, -0.15) is 0 Å². The second-order valence-electron chi connectivity index (χ2n) is 6.03. The number of hydrogen-bond acceptors (Lipinski definition) is 4. The number of carboxylic acid groups (broad SMARTS) is 1. The maximum Gasteiger partial charge on any atom is 0.345 e. The van der Waals surface area contributed by atoms with Crippen LogP contribution in [0.5, 0.6) is 0 Å². The van der Waals surface area contributed by atoms with Crippen LogP contribution in [0.25, 0.3) is 0 Å². The number of carbonyl (C=O) groups is 2. The van der Waals surface area contributed by atoms with Crippen molar-refractivity contribution in [2.75, 3.05) is 5.32 Å². The number of rotatable bonds is 4. The summed E-state index contributed by atoms with van der Waals surface area (Å²) in [6.07, 6.45) is 1.88. The molecule has 0 aliphatic heterocycles. The molecule has 6 heteroatoms. The maximum absolute atomic E-state index is 11.9. The predicted octanol–water partition coefficient (Wildman–Crippen LogP) is 3.32. The molecular weight excluding hydrogens is 300 g/mol. The number of anilines is 1. The van der Waals surface area contributed by atoms with E-state index in [1.54, 1.807) is 17.6 Å². The van der Waals surface area contributed by atoms with E-state index < -0.39 is 5.97 Å². The number of thiophene rings is 1. The molecule has 0 aliphatic rings. The van der Waals surface area contributed by atoms with Gasteiger partial charge in [-0.3, -0.25) is 4.79 Å². The summed E-state index contributed by atoms with van der Waals surface area (Å²) < 4.78 is 0. The molecule has 2 aromatic heterocycles. The Morgan fingerprint density at radius 3 is 2.55 bits per heavy atom. The number of aromatic carboxylic acids is 1. The molecule has 0 fully saturated rings. The van der Waals surface area contributed by atoms with Crippen LogP contribution in [0.1, 0.15) is 41.6 Å². The molecular formula is C16H18N2O3S. The Kier molecular flexibility index (Phi) is 4.61. The van der Waals surface area contributed by atoms with Crippen molar-refractivity contribution in [1.29, 1.82) is 0 Å². The monoisotopic (exact) mass is 318 g/mol. The number of nitrogens with one attached hydrogen (secondary N) is 1. The summed E-state index contributed by atoms with van der Waals surface area (Å²) in [4.78, 5) is 27.2. The number of hydrogen-bond donors (Lipinski definition) is 2. The predicted molar refractivity (Wildman–Crippen MR) is 86.5 cm³/mol. The third-order valence-corrected chi connectivity index (χ3v) is 4.09. The molecule has 2 heterocycles. The van der Waals surface area contributed by atoms with Crippen LogP contribution in [0.15, 0.2) is 29.8 Å². The van der Waals surface area contributed by atoms with Crippen molar-refractivity contribution < 1.29 is 14.7 Å². The molecule has 2 rings (SSSR count). The zero-order valence-electron chi connectivity index (χ0n) is 12.7. The van der Waals surface area contributed by atoms with Crippen LogP contribution in [0, 0.1) is 0 Å². The van der Waals surface area contributed by atoms with Crippen molar-refractivity contribution in [3.63, 3.8) is 0 Å². The third-order valence-electron chi connectivity index (χ3n) is 3.13. The number of carboxylic acids is 1. The minimum Gasteiger partial charge on any atom is -0.477 e. The van der Waals surface area contributed by atoms with Gasteiger partial charge < -0.3 is 10.4 Å². The molecule has 1 amide bonds. The van der Waals surface area contributed by atoms with Crippen LogP contribution in [0.2, 0.25) is 0 Å². The molecule has 2 N–H and O–H groups in total.